The van der Waals surface area contributed by atoms with Crippen molar-refractivity contribution in [3.05, 3.63) is 59.9 Å². The van der Waals surface area contributed by atoms with E-state index in [0.29, 0.717) is 17.0 Å². The van der Waals surface area contributed by atoms with Crippen LogP contribution in [0.2, 0.25) is 0 Å². The summed E-state index contributed by atoms with van der Waals surface area (Å²) in [4.78, 5) is 18.2. The summed E-state index contributed by atoms with van der Waals surface area (Å²) in [7, 11) is 0. The second-order valence-corrected chi connectivity index (χ2v) is 8.00. The van der Waals surface area contributed by atoms with Crippen molar-refractivity contribution in [1.29, 1.82) is 0 Å². The number of carbonyl (C=O) groups excluding carboxylic acids is 1. The number of nitrogens with one attached hydrogen (secondary N) is 1. The fraction of sp³-hybridized carbons (Fsp3) is 0.304. The van der Waals surface area contributed by atoms with Gasteiger partial charge < -0.3 is 5.32 Å². The Hall–Kier alpha value is -3.48. The molecule has 0 aliphatic rings. The molecule has 154 valence electrons. The third-order valence-corrected chi connectivity index (χ3v) is 5.12. The molecule has 7 heteroatoms. The Morgan fingerprint density at radius 2 is 1.73 bits per heavy atom. The summed E-state index contributed by atoms with van der Waals surface area (Å²) in [6.45, 7) is 10.2. The van der Waals surface area contributed by atoms with Crippen molar-refractivity contribution in [2.75, 3.05) is 5.32 Å². The van der Waals surface area contributed by atoms with Gasteiger partial charge >= 0.3 is 0 Å². The van der Waals surface area contributed by atoms with Crippen LogP contribution >= 0.6 is 0 Å². The first-order chi connectivity index (χ1) is 14.4. The number of fused-ring (bicyclic) bond motifs is 1. The third-order valence-electron chi connectivity index (χ3n) is 5.12. The number of aromatic nitrogens is 5. The predicted octanol–water partition coefficient (Wildman–Crippen LogP) is 5.02. The maximum absolute atomic E-state index is 13.3. The van der Waals surface area contributed by atoms with Gasteiger partial charge in [0.1, 0.15) is 5.82 Å². The second kappa shape index (κ2) is 7.74. The molecule has 4 rings (SSSR count). The number of carbonyl (C=O) groups is 1. The first-order valence-electron chi connectivity index (χ1n) is 10.2. The lowest BCUT2D eigenvalue weighted by atomic mass is 10.0. The van der Waals surface area contributed by atoms with E-state index >= 15 is 0 Å². The van der Waals surface area contributed by atoms with E-state index in [1.807, 2.05) is 55.8 Å². The quantitative estimate of drug-likeness (QED) is 0.509. The fourth-order valence-electron chi connectivity index (χ4n) is 3.59. The van der Waals surface area contributed by atoms with Crippen LogP contribution in [0.1, 0.15) is 55.7 Å². The molecule has 1 N–H and O–H groups in total. The van der Waals surface area contributed by atoms with E-state index in [2.05, 4.69) is 29.4 Å². The van der Waals surface area contributed by atoms with E-state index in [1.165, 1.54) is 0 Å². The number of pyridine rings is 1. The number of rotatable bonds is 5. The summed E-state index contributed by atoms with van der Waals surface area (Å²) >= 11 is 0. The van der Waals surface area contributed by atoms with Crippen molar-refractivity contribution in [1.82, 2.24) is 24.5 Å². The summed E-state index contributed by atoms with van der Waals surface area (Å²) in [6, 6.07) is 12.0. The van der Waals surface area contributed by atoms with E-state index in [-0.39, 0.29) is 18.0 Å². The standard InChI is InChI=1S/C23H26N6O/c1-14(2)28-21(10-11-24-28)27-23(30)18-12-20(17-9-7-6-8-16(17)5)26-22-19(18)13-25-29(22)15(3)4/h6-15H,1-5H3,(H,27,30). The summed E-state index contributed by atoms with van der Waals surface area (Å²) in [6.07, 6.45) is 3.41. The van der Waals surface area contributed by atoms with Crippen molar-refractivity contribution in [2.24, 2.45) is 0 Å². The van der Waals surface area contributed by atoms with Gasteiger partial charge in [-0.15, -0.1) is 0 Å². The molecule has 4 aromatic rings. The van der Waals surface area contributed by atoms with Gasteiger partial charge in [0.15, 0.2) is 5.65 Å². The highest BCUT2D eigenvalue weighted by Gasteiger charge is 2.20. The molecule has 0 unspecified atom stereocenters. The molecule has 0 aliphatic carbocycles. The van der Waals surface area contributed by atoms with Crippen molar-refractivity contribution in [3.8, 4) is 11.3 Å². The van der Waals surface area contributed by atoms with Gasteiger partial charge in [0, 0.05) is 23.7 Å². The van der Waals surface area contributed by atoms with Crippen molar-refractivity contribution in [3.63, 3.8) is 0 Å². The van der Waals surface area contributed by atoms with E-state index in [0.717, 1.165) is 22.2 Å². The highest BCUT2D eigenvalue weighted by atomic mass is 16.1. The number of aryl methyl sites for hydroxylation is 1. The molecule has 1 amide bonds. The Morgan fingerprint density at radius 1 is 1.00 bits per heavy atom. The fourth-order valence-corrected chi connectivity index (χ4v) is 3.59. The lowest BCUT2D eigenvalue weighted by Crippen LogP contribution is -2.17. The number of nitrogens with zero attached hydrogens (tertiary/aromatic N) is 5. The Morgan fingerprint density at radius 3 is 2.43 bits per heavy atom. The van der Waals surface area contributed by atoms with Gasteiger partial charge in [0.05, 0.1) is 29.0 Å². The zero-order chi connectivity index (χ0) is 21.4. The molecule has 0 bridgehead atoms. The number of hydrogen-bond donors (Lipinski definition) is 1. The molecule has 3 aromatic heterocycles. The first kappa shape index (κ1) is 19.8. The molecule has 0 aliphatic heterocycles. The van der Waals surface area contributed by atoms with Crippen LogP contribution in [0.5, 0.6) is 0 Å². The zero-order valence-electron chi connectivity index (χ0n) is 17.9. The molecule has 1 aromatic carbocycles. The van der Waals surface area contributed by atoms with Crippen LogP contribution in [0.3, 0.4) is 0 Å². The summed E-state index contributed by atoms with van der Waals surface area (Å²) in [5.41, 5.74) is 4.10. The molecule has 0 radical (unpaired) electrons. The molecule has 7 nitrogen and oxygen atoms in total. The third kappa shape index (κ3) is 3.47. The molecule has 0 fully saturated rings. The lowest BCUT2D eigenvalue weighted by Gasteiger charge is -2.14. The van der Waals surface area contributed by atoms with Gasteiger partial charge in [-0.2, -0.15) is 10.2 Å². The van der Waals surface area contributed by atoms with Crippen LogP contribution in [0.4, 0.5) is 5.82 Å². The maximum atomic E-state index is 13.3. The van der Waals surface area contributed by atoms with Gasteiger partial charge in [-0.05, 0) is 46.2 Å². The number of benzene rings is 1. The average Bonchev–Trinajstić information content (AvgIpc) is 3.34. The van der Waals surface area contributed by atoms with Crippen LogP contribution in [0.25, 0.3) is 22.3 Å². The van der Waals surface area contributed by atoms with Crippen molar-refractivity contribution < 1.29 is 4.79 Å². The molecule has 3 heterocycles. The van der Waals surface area contributed by atoms with Gasteiger partial charge in [-0.25, -0.2) is 14.3 Å². The first-order valence-corrected chi connectivity index (χ1v) is 10.2. The van der Waals surface area contributed by atoms with E-state index in [1.54, 1.807) is 23.1 Å². The topological polar surface area (TPSA) is 77.6 Å². The Kier molecular flexibility index (Phi) is 5.11. The lowest BCUT2D eigenvalue weighted by molar-refractivity contribution is 0.102. The van der Waals surface area contributed by atoms with Crippen LogP contribution in [-0.4, -0.2) is 30.5 Å². The zero-order valence-corrected chi connectivity index (χ0v) is 17.9. The number of hydrogen-bond acceptors (Lipinski definition) is 4. The van der Waals surface area contributed by atoms with Crippen LogP contribution < -0.4 is 5.32 Å². The summed E-state index contributed by atoms with van der Waals surface area (Å²) < 4.78 is 3.64. The SMILES string of the molecule is Cc1ccccc1-c1cc(C(=O)Nc2ccnn2C(C)C)c2cnn(C(C)C)c2n1. The summed E-state index contributed by atoms with van der Waals surface area (Å²) in [5.74, 6) is 0.455. The van der Waals surface area contributed by atoms with Crippen LogP contribution in [0.15, 0.2) is 48.8 Å². The number of anilines is 1. The van der Waals surface area contributed by atoms with Crippen LogP contribution in [0, 0.1) is 6.92 Å². The Bertz CT molecular complexity index is 1220. The minimum Gasteiger partial charge on any atom is -0.307 e. The minimum atomic E-state index is -0.206. The minimum absolute atomic E-state index is 0.125. The maximum Gasteiger partial charge on any atom is 0.257 e. The van der Waals surface area contributed by atoms with Gasteiger partial charge in [-0.3, -0.25) is 4.79 Å². The molecule has 0 atom stereocenters. The number of amides is 1. The van der Waals surface area contributed by atoms with E-state index < -0.39 is 0 Å². The van der Waals surface area contributed by atoms with Crippen molar-refractivity contribution in [2.45, 2.75) is 46.7 Å². The predicted molar refractivity (Wildman–Crippen MR) is 119 cm³/mol. The van der Waals surface area contributed by atoms with Gasteiger partial charge in [0.2, 0.25) is 0 Å². The smallest absolute Gasteiger partial charge is 0.257 e. The normalized spacial score (nSPS) is 11.6. The largest absolute Gasteiger partial charge is 0.307 e. The molecule has 0 saturated heterocycles. The van der Waals surface area contributed by atoms with E-state index in [9.17, 15) is 4.79 Å². The monoisotopic (exact) mass is 402 g/mol. The van der Waals surface area contributed by atoms with Crippen LogP contribution in [-0.2, 0) is 0 Å². The average molecular weight is 403 g/mol. The molecular formula is C23H26N6O. The van der Waals surface area contributed by atoms with Gasteiger partial charge in [0.25, 0.3) is 5.91 Å². The van der Waals surface area contributed by atoms with E-state index in [4.69, 9.17) is 4.98 Å². The second-order valence-electron chi connectivity index (χ2n) is 8.00. The summed E-state index contributed by atoms with van der Waals surface area (Å²) in [5, 5.41) is 12.5. The van der Waals surface area contributed by atoms with Gasteiger partial charge in [-0.1, -0.05) is 24.3 Å². The molecule has 30 heavy (non-hydrogen) atoms. The Labute approximate surface area is 175 Å². The Balaban J connectivity index is 1.86. The highest BCUT2D eigenvalue weighted by molar-refractivity contribution is 6.12. The molecule has 0 spiro atoms. The van der Waals surface area contributed by atoms with Crippen molar-refractivity contribution >= 4 is 22.8 Å². The molecular weight excluding hydrogens is 376 g/mol. The molecule has 0 saturated carbocycles. The highest BCUT2D eigenvalue weighted by Crippen LogP contribution is 2.29.